The van der Waals surface area contributed by atoms with Gasteiger partial charge in [0.2, 0.25) is 5.91 Å². The zero-order chi connectivity index (χ0) is 22.1. The lowest BCUT2D eigenvalue weighted by Crippen LogP contribution is -2.49. The molecule has 6 nitrogen and oxygen atoms in total. The van der Waals surface area contributed by atoms with E-state index < -0.39 is 0 Å². The van der Waals surface area contributed by atoms with Gasteiger partial charge in [-0.3, -0.25) is 9.59 Å². The van der Waals surface area contributed by atoms with Gasteiger partial charge < -0.3 is 19.7 Å². The van der Waals surface area contributed by atoms with Crippen LogP contribution >= 0.6 is 0 Å². The number of aromatic nitrogens is 1. The van der Waals surface area contributed by atoms with Gasteiger partial charge in [0.05, 0.1) is 0 Å². The van der Waals surface area contributed by atoms with Crippen molar-refractivity contribution in [3.8, 4) is 0 Å². The van der Waals surface area contributed by atoms with Crippen LogP contribution in [0, 0.1) is 0 Å². The Morgan fingerprint density at radius 1 is 1.06 bits per heavy atom. The zero-order valence-electron chi connectivity index (χ0n) is 18.7. The molecule has 0 bridgehead atoms. The first-order valence-corrected chi connectivity index (χ1v) is 12.1. The van der Waals surface area contributed by atoms with Crippen molar-refractivity contribution >= 4 is 18.1 Å². The number of nitrogens with one attached hydrogen (secondary N) is 1. The van der Waals surface area contributed by atoms with Crippen molar-refractivity contribution in [2.24, 2.45) is 0 Å². The van der Waals surface area contributed by atoms with Gasteiger partial charge >= 0.3 is 0 Å². The second-order valence-electron chi connectivity index (χ2n) is 9.54. The van der Waals surface area contributed by atoms with Crippen LogP contribution in [0.15, 0.2) is 16.7 Å². The molecule has 1 aliphatic carbocycles. The molecule has 1 aromatic heterocycles. The lowest BCUT2D eigenvalue weighted by molar-refractivity contribution is -0.132. The summed E-state index contributed by atoms with van der Waals surface area (Å²) in [5.41, 5.74) is 1.59. The zero-order valence-corrected chi connectivity index (χ0v) is 18.7. The predicted molar refractivity (Wildman–Crippen MR) is 123 cm³/mol. The molecule has 32 heavy (non-hydrogen) atoms. The Bertz CT molecular complexity index is 1080. The molecule has 3 aliphatic heterocycles. The minimum Gasteiger partial charge on any atom is -0.338 e. The Morgan fingerprint density at radius 2 is 1.84 bits per heavy atom. The van der Waals surface area contributed by atoms with Crippen LogP contribution < -0.4 is 16.0 Å². The monoisotopic (exact) mass is 440 g/mol. The molecule has 2 fully saturated rings. The van der Waals surface area contributed by atoms with Crippen LogP contribution in [0.25, 0.3) is 12.2 Å². The highest BCUT2D eigenvalue weighted by molar-refractivity contribution is 5.76. The maximum atomic E-state index is 13.9. The summed E-state index contributed by atoms with van der Waals surface area (Å²) in [7, 11) is 0. The minimum atomic E-state index is -0.386. The number of halogens is 1. The number of allylic oxidation sites excluding steroid dienone is 2. The van der Waals surface area contributed by atoms with E-state index in [1.807, 2.05) is 11.0 Å². The number of aromatic amines is 1. The number of carbonyl (C=O) groups is 1. The van der Waals surface area contributed by atoms with Crippen LogP contribution in [0.1, 0.15) is 49.8 Å². The van der Waals surface area contributed by atoms with Crippen molar-refractivity contribution in [3.63, 3.8) is 0 Å². The van der Waals surface area contributed by atoms with Crippen LogP contribution in [0.3, 0.4) is 0 Å². The number of hydrogen-bond donors (Lipinski definition) is 1. The second kappa shape index (κ2) is 9.32. The number of hydrogen-bond acceptors (Lipinski definition) is 4. The molecule has 0 unspecified atom stereocenters. The lowest BCUT2D eigenvalue weighted by Gasteiger charge is -2.37. The fourth-order valence-corrected chi connectivity index (χ4v) is 5.74. The molecule has 5 rings (SSSR count). The third kappa shape index (κ3) is 4.46. The number of nitrogens with zero attached hydrogens (tertiary/aromatic N) is 3. The van der Waals surface area contributed by atoms with Crippen molar-refractivity contribution in [1.29, 1.82) is 0 Å². The summed E-state index contributed by atoms with van der Waals surface area (Å²) in [4.78, 5) is 35.4. The van der Waals surface area contributed by atoms with Crippen molar-refractivity contribution in [2.45, 2.75) is 57.5 Å². The van der Waals surface area contributed by atoms with E-state index in [1.54, 1.807) is 0 Å². The van der Waals surface area contributed by atoms with Crippen molar-refractivity contribution in [2.75, 3.05) is 39.3 Å². The third-order valence-corrected chi connectivity index (χ3v) is 7.60. The van der Waals surface area contributed by atoms with E-state index in [0.29, 0.717) is 37.6 Å². The maximum absolute atomic E-state index is 13.9. The molecule has 2 saturated heterocycles. The summed E-state index contributed by atoms with van der Waals surface area (Å²) < 4.78 is 13.9. The number of pyridine rings is 1. The van der Waals surface area contributed by atoms with Gasteiger partial charge in [0.15, 0.2) is 0 Å². The molecule has 4 heterocycles. The van der Waals surface area contributed by atoms with Gasteiger partial charge in [0.1, 0.15) is 5.83 Å². The topological polar surface area (TPSA) is 59.7 Å². The van der Waals surface area contributed by atoms with Gasteiger partial charge in [-0.05, 0) is 81.2 Å². The molecule has 0 aromatic carbocycles. The van der Waals surface area contributed by atoms with Gasteiger partial charge in [0, 0.05) is 49.4 Å². The smallest absolute Gasteiger partial charge is 0.256 e. The first-order chi connectivity index (χ1) is 15.6. The molecule has 7 heteroatoms. The van der Waals surface area contributed by atoms with Crippen LogP contribution in [0.5, 0.6) is 0 Å². The highest BCUT2D eigenvalue weighted by Crippen LogP contribution is 2.21. The van der Waals surface area contributed by atoms with Crippen LogP contribution in [-0.2, 0) is 17.8 Å². The van der Waals surface area contributed by atoms with E-state index in [2.05, 4.69) is 14.8 Å². The fraction of sp³-hybridized carbons (Fsp3) is 0.600. The Balaban J connectivity index is 1.21. The Labute approximate surface area is 188 Å². The number of rotatable bonds is 4. The number of amides is 1. The number of fused-ring (bicyclic) bond motifs is 3. The number of carbonyl (C=O) groups excluding carboxylic acids is 1. The van der Waals surface area contributed by atoms with E-state index in [1.165, 1.54) is 50.9 Å². The Morgan fingerprint density at radius 3 is 2.62 bits per heavy atom. The molecule has 1 amide bonds. The number of H-pyrrole nitrogens is 1. The van der Waals surface area contributed by atoms with Gasteiger partial charge in [-0.15, -0.1) is 0 Å². The Hall–Kier alpha value is -2.25. The Kier molecular flexibility index (Phi) is 6.28. The first-order valence-electron chi connectivity index (χ1n) is 12.1. The quantitative estimate of drug-likeness (QED) is 0.760. The standard InChI is InChI=1S/C25H33FN4O2/c26-18-4-3-5-20-21(16-18)25(32)27-23-8-15-30(17-22(20)23)24(31)9-14-28-12-6-19(7-13-28)29-10-1-2-11-29/h4-5,16,19H,1-3,6-15,17H2,(H,27,32). The molecule has 0 radical (unpaired) electrons. The molecule has 4 aliphatic rings. The summed E-state index contributed by atoms with van der Waals surface area (Å²) in [6, 6.07) is 0.729. The van der Waals surface area contributed by atoms with E-state index in [4.69, 9.17) is 0 Å². The molecule has 1 N–H and O–H groups in total. The average molecular weight is 441 g/mol. The van der Waals surface area contributed by atoms with Gasteiger partial charge in [-0.25, -0.2) is 4.39 Å². The van der Waals surface area contributed by atoms with E-state index in [9.17, 15) is 14.0 Å². The van der Waals surface area contributed by atoms with E-state index in [0.717, 1.165) is 42.2 Å². The summed E-state index contributed by atoms with van der Waals surface area (Å²) in [6.07, 6.45) is 11.4. The first kappa shape index (κ1) is 21.6. The van der Waals surface area contributed by atoms with Crippen LogP contribution in [-0.4, -0.2) is 70.9 Å². The molecular formula is C25H33FN4O2. The minimum absolute atomic E-state index is 0.166. The molecule has 0 saturated carbocycles. The molecule has 172 valence electrons. The number of piperidine rings is 1. The molecule has 1 aromatic rings. The highest BCUT2D eigenvalue weighted by Gasteiger charge is 2.27. The predicted octanol–water partition coefficient (Wildman–Crippen LogP) is 1.03. The third-order valence-electron chi connectivity index (χ3n) is 7.60. The summed E-state index contributed by atoms with van der Waals surface area (Å²) in [6.45, 7) is 6.58. The maximum Gasteiger partial charge on any atom is 0.256 e. The average Bonchev–Trinajstić information content (AvgIpc) is 3.27. The second-order valence-corrected chi connectivity index (χ2v) is 9.54. The van der Waals surface area contributed by atoms with E-state index in [-0.39, 0.29) is 17.3 Å². The number of likely N-dealkylation sites (tertiary alicyclic amines) is 2. The van der Waals surface area contributed by atoms with Crippen LogP contribution in [0.2, 0.25) is 0 Å². The van der Waals surface area contributed by atoms with Gasteiger partial charge in [-0.1, -0.05) is 6.08 Å². The largest absolute Gasteiger partial charge is 0.338 e. The van der Waals surface area contributed by atoms with Crippen molar-refractivity contribution in [3.05, 3.63) is 44.0 Å². The molecule has 0 spiro atoms. The summed E-state index contributed by atoms with van der Waals surface area (Å²) in [5, 5.41) is 1.15. The molecule has 0 atom stereocenters. The van der Waals surface area contributed by atoms with E-state index >= 15 is 0 Å². The van der Waals surface area contributed by atoms with Crippen LogP contribution in [0.4, 0.5) is 4.39 Å². The van der Waals surface area contributed by atoms with Gasteiger partial charge in [-0.2, -0.15) is 0 Å². The summed E-state index contributed by atoms with van der Waals surface area (Å²) in [5.74, 6) is -0.220. The highest BCUT2D eigenvalue weighted by atomic mass is 19.1. The summed E-state index contributed by atoms with van der Waals surface area (Å²) >= 11 is 0. The SMILES string of the molecule is O=C(CCN1CCC(N2CCCC2)CC1)N1CCc2[nH]c(=O)c3c(c2C1)=CCC=C(F)C=3. The fourth-order valence-electron chi connectivity index (χ4n) is 5.74. The van der Waals surface area contributed by atoms with Crippen molar-refractivity contribution < 1.29 is 9.18 Å². The van der Waals surface area contributed by atoms with Crippen molar-refractivity contribution in [1.82, 2.24) is 19.7 Å². The normalized spacial score (nSPS) is 22.4. The van der Waals surface area contributed by atoms with Gasteiger partial charge in [0.25, 0.3) is 5.56 Å². The molecular weight excluding hydrogens is 407 g/mol. The lowest BCUT2D eigenvalue weighted by atomic mass is 10.0.